The maximum Gasteiger partial charge on any atom is 0.226 e. The summed E-state index contributed by atoms with van der Waals surface area (Å²) in [7, 11) is 1.50. The van der Waals surface area contributed by atoms with E-state index >= 15 is 0 Å². The molecule has 0 fully saturated rings. The minimum absolute atomic E-state index is 0.0422. The fourth-order valence-electron chi connectivity index (χ4n) is 3.45. The maximum absolute atomic E-state index is 12.4. The van der Waals surface area contributed by atoms with Crippen LogP contribution < -0.4 is 10.1 Å². The number of ether oxygens (including phenoxy) is 1. The number of hydrogen-bond donors (Lipinski definition) is 2. The fourth-order valence-corrected chi connectivity index (χ4v) is 3.62. The largest absolute Gasteiger partial charge is 0.504 e. The van der Waals surface area contributed by atoms with E-state index in [2.05, 4.69) is 10.4 Å². The molecule has 0 aliphatic carbocycles. The summed E-state index contributed by atoms with van der Waals surface area (Å²) in [6.07, 6.45) is 2.03. The minimum atomic E-state index is -0.209. The number of anilines is 1. The van der Waals surface area contributed by atoms with Gasteiger partial charge in [-0.1, -0.05) is 23.7 Å². The lowest BCUT2D eigenvalue weighted by atomic mass is 9.87. The first-order chi connectivity index (χ1) is 13.0. The number of methoxy groups -OCH3 is 1. The van der Waals surface area contributed by atoms with Crippen molar-refractivity contribution in [1.82, 2.24) is 9.78 Å². The van der Waals surface area contributed by atoms with E-state index < -0.39 is 0 Å². The molecule has 1 atom stereocenters. The van der Waals surface area contributed by atoms with Gasteiger partial charge >= 0.3 is 0 Å². The molecule has 3 aromatic rings. The number of phenols is 1. The van der Waals surface area contributed by atoms with Gasteiger partial charge in [0.15, 0.2) is 11.5 Å². The Kier molecular flexibility index (Phi) is 4.28. The zero-order valence-electron chi connectivity index (χ0n) is 14.9. The molecule has 138 valence electrons. The van der Waals surface area contributed by atoms with Crippen molar-refractivity contribution in [2.75, 3.05) is 12.4 Å². The number of amides is 1. The molecule has 7 heteroatoms. The van der Waals surface area contributed by atoms with E-state index in [1.165, 1.54) is 7.11 Å². The summed E-state index contributed by atoms with van der Waals surface area (Å²) in [4.78, 5) is 12.4. The number of nitrogens with one attached hydrogen (secondary N) is 1. The van der Waals surface area contributed by atoms with Crippen molar-refractivity contribution in [3.63, 3.8) is 0 Å². The molecule has 1 aliphatic rings. The van der Waals surface area contributed by atoms with Crippen LogP contribution in [0.3, 0.4) is 0 Å². The molecule has 27 heavy (non-hydrogen) atoms. The lowest BCUT2D eigenvalue weighted by Crippen LogP contribution is -2.24. The molecule has 0 bridgehead atoms. The normalized spacial score (nSPS) is 16.0. The van der Waals surface area contributed by atoms with Crippen LogP contribution >= 0.6 is 11.6 Å². The molecule has 0 radical (unpaired) electrons. The van der Waals surface area contributed by atoms with Gasteiger partial charge in [0.05, 0.1) is 19.0 Å². The van der Waals surface area contributed by atoms with Gasteiger partial charge in [0.2, 0.25) is 5.91 Å². The van der Waals surface area contributed by atoms with Crippen LogP contribution in [0.25, 0.3) is 5.69 Å². The van der Waals surface area contributed by atoms with Gasteiger partial charge in [0, 0.05) is 22.9 Å². The third kappa shape index (κ3) is 2.92. The van der Waals surface area contributed by atoms with Gasteiger partial charge in [-0.15, -0.1) is 0 Å². The first kappa shape index (κ1) is 17.4. The highest BCUT2D eigenvalue weighted by Crippen LogP contribution is 2.41. The maximum atomic E-state index is 12.4. The predicted molar refractivity (Wildman–Crippen MR) is 103 cm³/mol. The molecule has 6 nitrogen and oxygen atoms in total. The number of nitrogens with zero attached hydrogens (tertiary/aromatic N) is 2. The summed E-state index contributed by atoms with van der Waals surface area (Å²) in [5.74, 6) is 0.741. The van der Waals surface area contributed by atoms with Gasteiger partial charge in [-0.2, -0.15) is 5.10 Å². The van der Waals surface area contributed by atoms with Crippen LogP contribution in [0.1, 0.15) is 29.0 Å². The number of hydrogen-bond acceptors (Lipinski definition) is 4. The number of benzene rings is 2. The molecule has 2 heterocycles. The summed E-state index contributed by atoms with van der Waals surface area (Å²) in [5.41, 5.74) is 3.40. The summed E-state index contributed by atoms with van der Waals surface area (Å²) < 4.78 is 6.80. The highest BCUT2D eigenvalue weighted by Gasteiger charge is 2.31. The number of halogens is 1. The van der Waals surface area contributed by atoms with Crippen molar-refractivity contribution in [3.05, 3.63) is 64.3 Å². The average molecular weight is 384 g/mol. The van der Waals surface area contributed by atoms with E-state index in [1.54, 1.807) is 23.0 Å². The average Bonchev–Trinajstić information content (AvgIpc) is 3.06. The van der Waals surface area contributed by atoms with Gasteiger partial charge in [0.1, 0.15) is 5.82 Å². The summed E-state index contributed by atoms with van der Waals surface area (Å²) in [6, 6.07) is 10.8. The van der Waals surface area contributed by atoms with Crippen molar-refractivity contribution in [2.24, 2.45) is 0 Å². The summed E-state index contributed by atoms with van der Waals surface area (Å²) in [5, 5.41) is 18.2. The molecule has 0 unspecified atom stereocenters. The smallest absolute Gasteiger partial charge is 0.226 e. The molecular weight excluding hydrogens is 366 g/mol. The molecule has 2 aromatic carbocycles. The predicted octanol–water partition coefficient (Wildman–Crippen LogP) is 4.02. The van der Waals surface area contributed by atoms with Crippen molar-refractivity contribution in [1.29, 1.82) is 0 Å². The number of aromatic hydroxyl groups is 1. The van der Waals surface area contributed by atoms with Crippen LogP contribution in [0.2, 0.25) is 5.02 Å². The second-order valence-corrected chi connectivity index (χ2v) is 6.89. The van der Waals surface area contributed by atoms with Crippen molar-refractivity contribution in [2.45, 2.75) is 19.3 Å². The topological polar surface area (TPSA) is 76.4 Å². The van der Waals surface area contributed by atoms with E-state index in [4.69, 9.17) is 16.3 Å². The molecule has 0 spiro atoms. The minimum Gasteiger partial charge on any atom is -0.504 e. The van der Waals surface area contributed by atoms with E-state index in [-0.39, 0.29) is 24.0 Å². The third-order valence-electron chi connectivity index (χ3n) is 4.89. The molecule has 1 aromatic heterocycles. The Labute approximate surface area is 161 Å². The number of rotatable bonds is 3. The van der Waals surface area contributed by atoms with Crippen molar-refractivity contribution >= 4 is 23.3 Å². The monoisotopic (exact) mass is 383 g/mol. The molecule has 1 aliphatic heterocycles. The highest BCUT2D eigenvalue weighted by molar-refractivity contribution is 6.31. The van der Waals surface area contributed by atoms with Crippen LogP contribution in [-0.2, 0) is 4.79 Å². The Morgan fingerprint density at radius 3 is 2.89 bits per heavy atom. The van der Waals surface area contributed by atoms with Crippen molar-refractivity contribution < 1.29 is 14.6 Å². The highest BCUT2D eigenvalue weighted by atomic mass is 35.5. The van der Waals surface area contributed by atoms with Crippen LogP contribution in [0.15, 0.2) is 42.6 Å². The van der Waals surface area contributed by atoms with Gasteiger partial charge in [-0.05, 0) is 42.3 Å². The number of phenolic OH excluding ortho intramolecular Hbond substituents is 1. The molecule has 0 saturated carbocycles. The first-order valence-electron chi connectivity index (χ1n) is 8.49. The third-order valence-corrected chi connectivity index (χ3v) is 5.30. The van der Waals surface area contributed by atoms with Crippen LogP contribution in [0, 0.1) is 6.92 Å². The molecule has 4 rings (SSSR count). The van der Waals surface area contributed by atoms with Crippen LogP contribution in [-0.4, -0.2) is 27.9 Å². The van der Waals surface area contributed by atoms with Gasteiger partial charge in [0.25, 0.3) is 0 Å². The van der Waals surface area contributed by atoms with Gasteiger partial charge in [-0.25, -0.2) is 4.68 Å². The Bertz CT molecular complexity index is 1040. The Morgan fingerprint density at radius 2 is 2.15 bits per heavy atom. The van der Waals surface area contributed by atoms with E-state index in [0.717, 1.165) is 22.4 Å². The quantitative estimate of drug-likeness (QED) is 0.716. The van der Waals surface area contributed by atoms with E-state index in [9.17, 15) is 9.90 Å². The lowest BCUT2D eigenvalue weighted by molar-refractivity contribution is -0.116. The molecule has 1 amide bonds. The standard InChI is InChI=1S/C20H18ClN3O3/c1-11-15(21)4-3-5-16(11)24-20-14(10-22-24)13(9-19(26)23-20)12-6-7-18(27-2)17(25)8-12/h3-8,10,13,25H,9H2,1-2H3,(H,23,26)/t13-/m1/s1. The lowest BCUT2D eigenvalue weighted by Gasteiger charge is -2.24. The number of fused-ring (bicyclic) bond motifs is 1. The van der Waals surface area contributed by atoms with E-state index in [0.29, 0.717) is 16.6 Å². The van der Waals surface area contributed by atoms with Gasteiger partial charge < -0.3 is 15.2 Å². The van der Waals surface area contributed by atoms with E-state index in [1.807, 2.05) is 31.2 Å². The number of aromatic nitrogens is 2. The van der Waals surface area contributed by atoms with Crippen LogP contribution in [0.5, 0.6) is 11.5 Å². The number of carbonyl (C=O) groups is 1. The fraction of sp³-hybridized carbons (Fsp3) is 0.200. The summed E-state index contributed by atoms with van der Waals surface area (Å²) in [6.45, 7) is 1.91. The van der Waals surface area contributed by atoms with Crippen molar-refractivity contribution in [3.8, 4) is 17.2 Å². The Hall–Kier alpha value is -2.99. The van der Waals surface area contributed by atoms with Crippen LogP contribution in [0.4, 0.5) is 5.82 Å². The zero-order valence-corrected chi connectivity index (χ0v) is 15.6. The van der Waals surface area contributed by atoms with Gasteiger partial charge in [-0.3, -0.25) is 4.79 Å². The zero-order chi connectivity index (χ0) is 19.1. The summed E-state index contributed by atoms with van der Waals surface area (Å²) >= 11 is 6.25. The Morgan fingerprint density at radius 1 is 1.33 bits per heavy atom. The Balaban J connectivity index is 1.82. The first-order valence-corrected chi connectivity index (χ1v) is 8.87. The molecular formula is C20H18ClN3O3. The molecule has 0 saturated heterocycles. The number of carbonyl (C=O) groups excluding carboxylic acids is 1. The molecule has 2 N–H and O–H groups in total. The SMILES string of the molecule is COc1ccc([C@H]2CC(=O)Nc3c2cnn3-c2cccc(Cl)c2C)cc1O. The second-order valence-electron chi connectivity index (χ2n) is 6.48. The second kappa shape index (κ2) is 6.63.